The quantitative estimate of drug-likeness (QED) is 0.0402. The highest BCUT2D eigenvalue weighted by Crippen LogP contribution is 2.11. The third kappa shape index (κ3) is 40.1. The number of allylic oxidation sites excluding steroid dienone is 12. The van der Waals surface area contributed by atoms with Crippen molar-refractivity contribution in [1.82, 2.24) is 0 Å². The van der Waals surface area contributed by atoms with Crippen LogP contribution in [-0.2, 0) is 14.3 Å². The van der Waals surface area contributed by atoms with Crippen LogP contribution in [-0.4, -0.2) is 37.0 Å². The summed E-state index contributed by atoms with van der Waals surface area (Å²) in [5.41, 5.74) is 0. The fraction of sp³-hybridized carbons (Fsp3) is 0.711. The Kier molecular flexibility index (Phi) is 40.1. The van der Waals surface area contributed by atoms with E-state index in [9.17, 15) is 9.90 Å². The summed E-state index contributed by atoms with van der Waals surface area (Å²) in [6, 6.07) is 0. The second-order valence-corrected chi connectivity index (χ2v) is 13.3. The minimum Gasteiger partial charge on any atom is -0.457 e. The standard InChI is InChI=1S/C45H78O4/c1-3-5-7-9-11-13-15-17-19-21-22-23-24-25-26-28-30-32-34-36-38-40-45(47)49-44(42-46)43-48-41-39-37-35-33-31-29-27-20-18-16-14-12-10-8-6-4-2/h6,8,12,14-15,17-18,20-22,24-25,44,46H,3-5,7,9-11,13,16,19,23,26-43H2,1-2H3/b8-6-,14-12-,17-15-,20-18-,22-21-,25-24-. The average Bonchev–Trinajstić information content (AvgIpc) is 3.11. The Morgan fingerprint density at radius 3 is 1.39 bits per heavy atom. The Balaban J connectivity index is 3.52. The van der Waals surface area contributed by atoms with Gasteiger partial charge in [-0.25, -0.2) is 0 Å². The van der Waals surface area contributed by atoms with Gasteiger partial charge in [0.1, 0.15) is 6.10 Å². The number of ether oxygens (including phenoxy) is 2. The number of aliphatic hydroxyl groups excluding tert-OH is 1. The predicted octanol–water partition coefficient (Wildman–Crippen LogP) is 13.4. The van der Waals surface area contributed by atoms with Gasteiger partial charge < -0.3 is 14.6 Å². The van der Waals surface area contributed by atoms with Crippen LogP contribution in [0.2, 0.25) is 0 Å². The number of rotatable bonds is 37. The molecule has 0 aliphatic rings. The molecule has 0 saturated heterocycles. The first-order chi connectivity index (χ1) is 24.2. The van der Waals surface area contributed by atoms with Gasteiger partial charge in [-0.15, -0.1) is 0 Å². The molecule has 0 rings (SSSR count). The summed E-state index contributed by atoms with van der Waals surface area (Å²) in [5, 5.41) is 9.59. The third-order valence-electron chi connectivity index (χ3n) is 8.52. The zero-order valence-corrected chi connectivity index (χ0v) is 32.2. The number of unbranched alkanes of at least 4 members (excludes halogenated alkanes) is 17. The summed E-state index contributed by atoms with van der Waals surface area (Å²) in [7, 11) is 0. The topological polar surface area (TPSA) is 55.8 Å². The van der Waals surface area contributed by atoms with Crippen molar-refractivity contribution in [3.05, 3.63) is 72.9 Å². The number of carbonyl (C=O) groups excluding carboxylic acids is 1. The fourth-order valence-corrected chi connectivity index (χ4v) is 5.47. The van der Waals surface area contributed by atoms with Crippen LogP contribution in [0.1, 0.15) is 181 Å². The lowest BCUT2D eigenvalue weighted by Gasteiger charge is -2.15. The van der Waals surface area contributed by atoms with Crippen LogP contribution in [0.25, 0.3) is 0 Å². The van der Waals surface area contributed by atoms with Gasteiger partial charge in [0, 0.05) is 13.0 Å². The Morgan fingerprint density at radius 1 is 0.510 bits per heavy atom. The van der Waals surface area contributed by atoms with Crippen molar-refractivity contribution in [3.8, 4) is 0 Å². The van der Waals surface area contributed by atoms with Gasteiger partial charge in [0.15, 0.2) is 0 Å². The van der Waals surface area contributed by atoms with E-state index >= 15 is 0 Å². The second kappa shape index (κ2) is 42.0. The minimum absolute atomic E-state index is 0.186. The van der Waals surface area contributed by atoms with Crippen molar-refractivity contribution < 1.29 is 19.4 Å². The Labute approximate surface area is 304 Å². The molecule has 0 radical (unpaired) electrons. The summed E-state index contributed by atoms with van der Waals surface area (Å²) >= 11 is 0. The molecule has 0 heterocycles. The van der Waals surface area contributed by atoms with Crippen LogP contribution in [0.5, 0.6) is 0 Å². The lowest BCUT2D eigenvalue weighted by atomic mass is 10.1. The molecule has 0 spiro atoms. The second-order valence-electron chi connectivity index (χ2n) is 13.3. The van der Waals surface area contributed by atoms with Crippen LogP contribution in [0.4, 0.5) is 0 Å². The van der Waals surface area contributed by atoms with Crippen LogP contribution in [0.15, 0.2) is 72.9 Å². The number of carbonyl (C=O) groups is 1. The molecule has 282 valence electrons. The van der Waals surface area contributed by atoms with Crippen LogP contribution < -0.4 is 0 Å². The van der Waals surface area contributed by atoms with E-state index in [1.165, 1.54) is 89.9 Å². The number of hydrogen-bond acceptors (Lipinski definition) is 4. The fourth-order valence-electron chi connectivity index (χ4n) is 5.47. The molecule has 1 unspecified atom stereocenters. The summed E-state index contributed by atoms with van der Waals surface area (Å²) in [5.74, 6) is -0.221. The molecular formula is C45H78O4. The minimum atomic E-state index is -0.552. The normalized spacial score (nSPS) is 13.1. The van der Waals surface area contributed by atoms with Crippen LogP contribution in [0.3, 0.4) is 0 Å². The van der Waals surface area contributed by atoms with Gasteiger partial charge in [-0.3, -0.25) is 4.79 Å². The molecule has 49 heavy (non-hydrogen) atoms. The highest BCUT2D eigenvalue weighted by atomic mass is 16.6. The van der Waals surface area contributed by atoms with E-state index in [2.05, 4.69) is 86.8 Å². The highest BCUT2D eigenvalue weighted by Gasteiger charge is 2.13. The predicted molar refractivity (Wildman–Crippen MR) is 214 cm³/mol. The lowest BCUT2D eigenvalue weighted by molar-refractivity contribution is -0.154. The van der Waals surface area contributed by atoms with E-state index < -0.39 is 6.10 Å². The van der Waals surface area contributed by atoms with Gasteiger partial charge in [0.2, 0.25) is 0 Å². The van der Waals surface area contributed by atoms with E-state index in [1.54, 1.807) is 0 Å². The molecule has 0 aromatic rings. The van der Waals surface area contributed by atoms with Gasteiger partial charge in [-0.1, -0.05) is 164 Å². The number of hydrogen-bond donors (Lipinski definition) is 1. The summed E-state index contributed by atoms with van der Waals surface area (Å²) in [4.78, 5) is 12.2. The van der Waals surface area contributed by atoms with Gasteiger partial charge in [-0.05, 0) is 83.5 Å². The Morgan fingerprint density at radius 2 is 0.918 bits per heavy atom. The van der Waals surface area contributed by atoms with Crippen molar-refractivity contribution in [2.45, 2.75) is 187 Å². The zero-order chi connectivity index (χ0) is 35.6. The van der Waals surface area contributed by atoms with Crippen molar-refractivity contribution in [2.24, 2.45) is 0 Å². The van der Waals surface area contributed by atoms with Crippen molar-refractivity contribution in [3.63, 3.8) is 0 Å². The highest BCUT2D eigenvalue weighted by molar-refractivity contribution is 5.69. The largest absolute Gasteiger partial charge is 0.457 e. The molecule has 0 aliphatic carbocycles. The summed E-state index contributed by atoms with van der Waals surface area (Å²) in [6.07, 6.45) is 56.6. The molecule has 0 aromatic heterocycles. The Hall–Kier alpha value is -2.17. The maximum Gasteiger partial charge on any atom is 0.306 e. The summed E-state index contributed by atoms with van der Waals surface area (Å²) in [6.45, 7) is 5.17. The molecule has 1 atom stereocenters. The smallest absolute Gasteiger partial charge is 0.306 e. The SMILES string of the molecule is CC/C=C\C/C=C\C/C=C\CCCCCCCCOCC(CO)OC(=O)CCCCCCCC/C=C\C/C=C\C/C=C\CCCCCCC. The summed E-state index contributed by atoms with van der Waals surface area (Å²) < 4.78 is 11.1. The third-order valence-corrected chi connectivity index (χ3v) is 8.52. The molecule has 0 bridgehead atoms. The number of esters is 1. The molecule has 0 amide bonds. The molecular weight excluding hydrogens is 604 g/mol. The van der Waals surface area contributed by atoms with Gasteiger partial charge in [-0.2, -0.15) is 0 Å². The van der Waals surface area contributed by atoms with E-state index in [4.69, 9.17) is 9.47 Å². The van der Waals surface area contributed by atoms with E-state index in [0.29, 0.717) is 13.0 Å². The molecule has 4 nitrogen and oxygen atoms in total. The van der Waals surface area contributed by atoms with E-state index in [1.807, 2.05) is 0 Å². The van der Waals surface area contributed by atoms with Crippen LogP contribution >= 0.6 is 0 Å². The van der Waals surface area contributed by atoms with Crippen LogP contribution in [0, 0.1) is 0 Å². The average molecular weight is 683 g/mol. The molecule has 4 heteroatoms. The first kappa shape index (κ1) is 46.8. The monoisotopic (exact) mass is 683 g/mol. The van der Waals surface area contributed by atoms with Crippen molar-refractivity contribution in [2.75, 3.05) is 19.8 Å². The van der Waals surface area contributed by atoms with Gasteiger partial charge in [0.25, 0.3) is 0 Å². The molecule has 0 aromatic carbocycles. The first-order valence-corrected chi connectivity index (χ1v) is 20.5. The van der Waals surface area contributed by atoms with E-state index in [-0.39, 0.29) is 19.2 Å². The molecule has 0 fully saturated rings. The van der Waals surface area contributed by atoms with Gasteiger partial charge in [0.05, 0.1) is 13.2 Å². The number of aliphatic hydroxyl groups is 1. The molecule has 0 aliphatic heterocycles. The molecule has 0 saturated carbocycles. The first-order valence-electron chi connectivity index (χ1n) is 20.5. The Bertz CT molecular complexity index is 850. The molecule has 1 N–H and O–H groups in total. The maximum absolute atomic E-state index is 12.2. The zero-order valence-electron chi connectivity index (χ0n) is 32.2. The lowest BCUT2D eigenvalue weighted by Crippen LogP contribution is -2.27. The van der Waals surface area contributed by atoms with Crippen molar-refractivity contribution in [1.29, 1.82) is 0 Å². The van der Waals surface area contributed by atoms with Gasteiger partial charge >= 0.3 is 5.97 Å². The van der Waals surface area contributed by atoms with Crippen molar-refractivity contribution >= 4 is 5.97 Å². The van der Waals surface area contributed by atoms with E-state index in [0.717, 1.165) is 70.6 Å². The maximum atomic E-state index is 12.2.